The number of aromatic nitrogens is 2. The second kappa shape index (κ2) is 8.27. The van der Waals surface area contributed by atoms with Crippen LogP contribution in [0.5, 0.6) is 11.5 Å². The number of fused-ring (bicyclic) bond motifs is 1. The molecule has 1 aliphatic carbocycles. The summed E-state index contributed by atoms with van der Waals surface area (Å²) in [6.07, 6.45) is 3.87. The molecule has 2 aromatic carbocycles. The first-order valence-electron chi connectivity index (χ1n) is 11.0. The zero-order valence-corrected chi connectivity index (χ0v) is 18.6. The summed E-state index contributed by atoms with van der Waals surface area (Å²) >= 11 is 0. The third kappa shape index (κ3) is 4.04. The number of esters is 1. The second-order valence-electron chi connectivity index (χ2n) is 8.40. The van der Waals surface area contributed by atoms with E-state index in [-0.39, 0.29) is 0 Å². The van der Waals surface area contributed by atoms with Gasteiger partial charge in [-0.15, -0.1) is 0 Å². The SMILES string of the molecule is Cc1nn(-c2ccccc2)c(C)c1C(=O)OCC(=O)Nc1ccc2c(c1)OC1(CCCC1)O2. The van der Waals surface area contributed by atoms with Crippen LogP contribution in [0.1, 0.15) is 47.4 Å². The number of nitrogens with zero attached hydrogens (tertiary/aromatic N) is 2. The number of benzene rings is 2. The Morgan fingerprint density at radius 1 is 1.06 bits per heavy atom. The number of anilines is 1. The standard InChI is InChI=1S/C25H25N3O5/c1-16-23(17(2)28(27-16)19-8-4-3-5-9-19)24(30)31-15-22(29)26-18-10-11-20-21(14-18)33-25(32-20)12-6-7-13-25/h3-5,8-11,14H,6-7,12-13,15H2,1-2H3,(H,26,29). The summed E-state index contributed by atoms with van der Waals surface area (Å²) < 4.78 is 19.0. The van der Waals surface area contributed by atoms with Crippen molar-refractivity contribution in [1.29, 1.82) is 0 Å². The maximum absolute atomic E-state index is 12.7. The smallest absolute Gasteiger partial charge is 0.342 e. The minimum atomic E-state index is -0.587. The molecule has 5 rings (SSSR count). The Hall–Kier alpha value is -3.81. The number of carbonyl (C=O) groups excluding carboxylic acids is 2. The highest BCUT2D eigenvalue weighted by Gasteiger charge is 2.44. The number of para-hydroxylation sites is 1. The van der Waals surface area contributed by atoms with E-state index in [9.17, 15) is 9.59 Å². The first-order chi connectivity index (χ1) is 15.9. The van der Waals surface area contributed by atoms with Crippen LogP contribution in [0.4, 0.5) is 5.69 Å². The summed E-state index contributed by atoms with van der Waals surface area (Å²) in [5.74, 6) is -0.283. The number of carbonyl (C=O) groups is 2. The molecule has 0 bridgehead atoms. The molecule has 170 valence electrons. The summed E-state index contributed by atoms with van der Waals surface area (Å²) in [5, 5.41) is 7.19. The fraction of sp³-hybridized carbons (Fsp3) is 0.320. The monoisotopic (exact) mass is 447 g/mol. The van der Waals surface area contributed by atoms with E-state index in [4.69, 9.17) is 14.2 Å². The Labute approximate surface area is 191 Å². The van der Waals surface area contributed by atoms with E-state index in [0.29, 0.717) is 34.1 Å². The van der Waals surface area contributed by atoms with Crippen molar-refractivity contribution in [2.45, 2.75) is 45.3 Å². The average molecular weight is 447 g/mol. The number of aryl methyl sites for hydroxylation is 1. The summed E-state index contributed by atoms with van der Waals surface area (Å²) in [7, 11) is 0. The van der Waals surface area contributed by atoms with Gasteiger partial charge < -0.3 is 19.5 Å². The van der Waals surface area contributed by atoms with Gasteiger partial charge in [0.25, 0.3) is 11.7 Å². The predicted octanol–water partition coefficient (Wildman–Crippen LogP) is 4.33. The zero-order chi connectivity index (χ0) is 23.0. The van der Waals surface area contributed by atoms with Crippen LogP contribution in [0.25, 0.3) is 5.69 Å². The van der Waals surface area contributed by atoms with Crippen molar-refractivity contribution < 1.29 is 23.8 Å². The van der Waals surface area contributed by atoms with Crippen molar-refractivity contribution in [2.75, 3.05) is 11.9 Å². The molecule has 1 saturated carbocycles. The van der Waals surface area contributed by atoms with Crippen LogP contribution in [0.15, 0.2) is 48.5 Å². The highest BCUT2D eigenvalue weighted by Crippen LogP contribution is 2.47. The molecule has 0 atom stereocenters. The molecule has 1 aromatic heterocycles. The Bertz CT molecular complexity index is 1210. The van der Waals surface area contributed by atoms with E-state index in [1.165, 1.54) is 0 Å². The van der Waals surface area contributed by atoms with Gasteiger partial charge in [0, 0.05) is 24.6 Å². The summed E-state index contributed by atoms with van der Waals surface area (Å²) in [6, 6.07) is 14.8. The second-order valence-corrected chi connectivity index (χ2v) is 8.40. The van der Waals surface area contributed by atoms with Crippen molar-refractivity contribution in [3.8, 4) is 17.2 Å². The van der Waals surface area contributed by atoms with Crippen LogP contribution in [0, 0.1) is 13.8 Å². The lowest BCUT2D eigenvalue weighted by Crippen LogP contribution is -2.34. The molecule has 0 unspecified atom stereocenters. The fourth-order valence-electron chi connectivity index (χ4n) is 4.45. The third-order valence-electron chi connectivity index (χ3n) is 6.02. The van der Waals surface area contributed by atoms with Crippen LogP contribution in [0.2, 0.25) is 0 Å². The van der Waals surface area contributed by atoms with Gasteiger partial charge in [-0.05, 0) is 51.0 Å². The predicted molar refractivity (Wildman–Crippen MR) is 121 cm³/mol. The molecule has 0 radical (unpaired) electrons. The van der Waals surface area contributed by atoms with E-state index in [2.05, 4.69) is 10.4 Å². The molecule has 1 aliphatic heterocycles. The highest BCUT2D eigenvalue weighted by molar-refractivity contribution is 5.96. The van der Waals surface area contributed by atoms with Crippen molar-refractivity contribution in [1.82, 2.24) is 9.78 Å². The van der Waals surface area contributed by atoms with Gasteiger partial charge >= 0.3 is 5.97 Å². The molecule has 33 heavy (non-hydrogen) atoms. The number of hydrogen-bond acceptors (Lipinski definition) is 6. The molecular formula is C25H25N3O5. The summed E-state index contributed by atoms with van der Waals surface area (Å²) in [5.41, 5.74) is 2.95. The molecule has 2 heterocycles. The van der Waals surface area contributed by atoms with Crippen molar-refractivity contribution >= 4 is 17.6 Å². The first kappa shape index (κ1) is 21.1. The van der Waals surface area contributed by atoms with E-state index in [1.54, 1.807) is 36.7 Å². The minimum Gasteiger partial charge on any atom is -0.452 e. The topological polar surface area (TPSA) is 91.7 Å². The number of nitrogens with one attached hydrogen (secondary N) is 1. The van der Waals surface area contributed by atoms with Gasteiger partial charge in [0.2, 0.25) is 0 Å². The quantitative estimate of drug-likeness (QED) is 0.586. The Balaban J connectivity index is 1.21. The molecule has 8 nitrogen and oxygen atoms in total. The van der Waals surface area contributed by atoms with Crippen molar-refractivity contribution in [3.05, 3.63) is 65.5 Å². The molecule has 1 spiro atoms. The lowest BCUT2D eigenvalue weighted by atomic mass is 10.2. The van der Waals surface area contributed by atoms with Gasteiger partial charge in [0.05, 0.1) is 17.1 Å². The molecule has 1 N–H and O–H groups in total. The maximum Gasteiger partial charge on any atom is 0.342 e. The number of ether oxygens (including phenoxy) is 3. The first-order valence-corrected chi connectivity index (χ1v) is 11.0. The number of amides is 1. The van der Waals surface area contributed by atoms with Crippen LogP contribution >= 0.6 is 0 Å². The molecular weight excluding hydrogens is 422 g/mol. The van der Waals surface area contributed by atoms with Gasteiger partial charge in [0.1, 0.15) is 5.56 Å². The number of rotatable bonds is 5. The van der Waals surface area contributed by atoms with E-state index in [0.717, 1.165) is 31.4 Å². The van der Waals surface area contributed by atoms with Gasteiger partial charge in [-0.25, -0.2) is 9.48 Å². The van der Waals surface area contributed by atoms with Crippen LogP contribution in [-0.2, 0) is 9.53 Å². The molecule has 1 amide bonds. The van der Waals surface area contributed by atoms with Crippen LogP contribution < -0.4 is 14.8 Å². The lowest BCUT2D eigenvalue weighted by molar-refractivity contribution is -0.119. The summed E-state index contributed by atoms with van der Waals surface area (Å²) in [4.78, 5) is 25.1. The Morgan fingerprint density at radius 3 is 2.55 bits per heavy atom. The van der Waals surface area contributed by atoms with E-state index in [1.807, 2.05) is 30.3 Å². The fourth-order valence-corrected chi connectivity index (χ4v) is 4.45. The molecule has 2 aliphatic rings. The average Bonchev–Trinajstić information content (AvgIpc) is 3.49. The van der Waals surface area contributed by atoms with E-state index >= 15 is 0 Å². The van der Waals surface area contributed by atoms with Gasteiger partial charge in [-0.1, -0.05) is 18.2 Å². The molecule has 3 aromatic rings. The van der Waals surface area contributed by atoms with Crippen molar-refractivity contribution in [3.63, 3.8) is 0 Å². The minimum absolute atomic E-state index is 0.358. The maximum atomic E-state index is 12.7. The molecule has 8 heteroatoms. The highest BCUT2D eigenvalue weighted by atomic mass is 16.7. The van der Waals surface area contributed by atoms with Gasteiger partial charge in [-0.3, -0.25) is 4.79 Å². The molecule has 1 fully saturated rings. The lowest BCUT2D eigenvalue weighted by Gasteiger charge is -2.21. The van der Waals surface area contributed by atoms with Crippen molar-refractivity contribution in [2.24, 2.45) is 0 Å². The zero-order valence-electron chi connectivity index (χ0n) is 18.6. The largest absolute Gasteiger partial charge is 0.452 e. The van der Waals surface area contributed by atoms with E-state index < -0.39 is 24.3 Å². The Kier molecular flexibility index (Phi) is 5.28. The third-order valence-corrected chi connectivity index (χ3v) is 6.02. The van der Waals surface area contributed by atoms with Gasteiger partial charge in [-0.2, -0.15) is 5.10 Å². The number of hydrogen-bond donors (Lipinski definition) is 1. The van der Waals surface area contributed by atoms with Crippen LogP contribution in [0.3, 0.4) is 0 Å². The molecule has 0 saturated heterocycles. The van der Waals surface area contributed by atoms with Gasteiger partial charge in [0.15, 0.2) is 18.1 Å². The summed E-state index contributed by atoms with van der Waals surface area (Å²) in [6.45, 7) is 3.13. The van der Waals surface area contributed by atoms with Crippen LogP contribution in [-0.4, -0.2) is 34.1 Å². The Morgan fingerprint density at radius 2 is 1.79 bits per heavy atom. The normalized spacial score (nSPS) is 15.6.